The predicted octanol–water partition coefficient (Wildman–Crippen LogP) is 8.94. The van der Waals surface area contributed by atoms with Crippen molar-refractivity contribution in [2.45, 2.75) is 63.2 Å². The van der Waals surface area contributed by atoms with E-state index in [9.17, 15) is 44.7 Å². The van der Waals surface area contributed by atoms with Gasteiger partial charge in [0, 0.05) is 47.4 Å². The van der Waals surface area contributed by atoms with Crippen molar-refractivity contribution in [1.29, 1.82) is 0 Å². The van der Waals surface area contributed by atoms with Gasteiger partial charge in [-0.25, -0.2) is 13.6 Å². The van der Waals surface area contributed by atoms with Gasteiger partial charge in [-0.2, -0.15) is 26.3 Å². The Morgan fingerprint density at radius 1 is 0.646 bits per heavy atom. The van der Waals surface area contributed by atoms with Crippen molar-refractivity contribution in [3.8, 4) is 22.5 Å². The second-order valence-corrected chi connectivity index (χ2v) is 16.1. The summed E-state index contributed by atoms with van der Waals surface area (Å²) in [6.45, 7) is 8.60. The summed E-state index contributed by atoms with van der Waals surface area (Å²) in [6.07, 6.45) is -8.00. The Balaban J connectivity index is 0.000000195. The Morgan fingerprint density at radius 3 is 1.46 bits per heavy atom. The van der Waals surface area contributed by atoms with Gasteiger partial charge < -0.3 is 25.2 Å². The first kappa shape index (κ1) is 45.9. The molecule has 65 heavy (non-hydrogen) atoms. The van der Waals surface area contributed by atoms with E-state index < -0.39 is 59.6 Å². The summed E-state index contributed by atoms with van der Waals surface area (Å²) in [6, 6.07) is 14.5. The molecule has 2 aromatic carbocycles. The molecule has 0 saturated carbocycles. The topological polar surface area (TPSA) is 151 Å². The van der Waals surface area contributed by atoms with E-state index >= 15 is 0 Å². The number of fused-ring (bicyclic) bond motifs is 2. The van der Waals surface area contributed by atoms with Crippen LogP contribution in [0.5, 0.6) is 0 Å². The molecular weight excluding hydrogens is 869 g/mol. The molecule has 2 aliphatic heterocycles. The highest BCUT2D eigenvalue weighted by atomic mass is 19.4. The zero-order valence-corrected chi connectivity index (χ0v) is 34.8. The highest BCUT2D eigenvalue weighted by Gasteiger charge is 2.39. The van der Waals surface area contributed by atoms with Gasteiger partial charge in [0.25, 0.3) is 0 Å². The van der Waals surface area contributed by atoms with Crippen LogP contribution < -0.4 is 10.6 Å². The maximum atomic E-state index is 14.7. The van der Waals surface area contributed by atoms with Crippen LogP contribution in [-0.2, 0) is 21.9 Å². The Bertz CT molecular complexity index is 2700. The van der Waals surface area contributed by atoms with Crippen LogP contribution >= 0.6 is 0 Å². The number of amides is 2. The molecule has 2 N–H and O–H groups in total. The molecule has 0 radical (unpaired) electrons. The molecule has 0 bridgehead atoms. The quantitative estimate of drug-likeness (QED) is 0.117. The van der Waals surface area contributed by atoms with Gasteiger partial charge in [-0.15, -0.1) is 20.4 Å². The second kappa shape index (κ2) is 18.2. The van der Waals surface area contributed by atoms with Gasteiger partial charge in [0.05, 0.1) is 36.3 Å². The van der Waals surface area contributed by atoms with Crippen molar-refractivity contribution < 1.29 is 49.4 Å². The van der Waals surface area contributed by atoms with Crippen LogP contribution in [0.2, 0.25) is 0 Å². The third-order valence-corrected chi connectivity index (χ3v) is 10.3. The standard InChI is InChI=1S/C23H23F4N5O2.C21H17F4N5O/c1-22(2,3)34-21(33)32-11-16(24)17(12-32)29-20-19-15(5-4-10-28-19)18(30-31-20)13-6-8-14(9-7-13)23(25,26)27;1-2-17(31)30-10-15(22)16(11-30)27-20-19-14(4-3-9-26-19)18(28-29-20)12-5-7-13(8-6-12)21(23,24)25/h4-10,16-17H,11-12H2,1-3H3,(H,29,31);2-9,15-16H,1,10-11H2,(H,27,29)/t16-,17+;15-,16+/m00/s1. The fraction of sp³-hybridized carbons (Fsp3) is 0.318. The smallest absolute Gasteiger partial charge is 0.416 e. The third kappa shape index (κ3) is 10.5. The minimum absolute atomic E-state index is 0.0622. The largest absolute Gasteiger partial charge is 0.444 e. The summed E-state index contributed by atoms with van der Waals surface area (Å²) >= 11 is 0. The lowest BCUT2D eigenvalue weighted by Crippen LogP contribution is -2.36. The van der Waals surface area contributed by atoms with Gasteiger partial charge in [0.2, 0.25) is 5.91 Å². The maximum absolute atomic E-state index is 14.7. The molecule has 8 rings (SSSR count). The number of halogens is 8. The summed E-state index contributed by atoms with van der Waals surface area (Å²) in [4.78, 5) is 35.3. The molecule has 2 aliphatic rings. The van der Waals surface area contributed by atoms with Crippen LogP contribution in [0.25, 0.3) is 44.3 Å². The molecule has 13 nitrogen and oxygen atoms in total. The molecule has 4 atom stereocenters. The van der Waals surface area contributed by atoms with Crippen LogP contribution in [0, 0.1) is 0 Å². The van der Waals surface area contributed by atoms with Crippen LogP contribution in [0.15, 0.2) is 97.8 Å². The molecule has 340 valence electrons. The lowest BCUT2D eigenvalue weighted by Gasteiger charge is -2.24. The number of nitrogens with one attached hydrogen (secondary N) is 2. The lowest BCUT2D eigenvalue weighted by molar-refractivity contribution is -0.138. The number of nitrogens with zero attached hydrogens (tertiary/aromatic N) is 8. The SMILES string of the molecule is C=CC(=O)N1C[C@H](F)[C@H](Nc2nnc(-c3ccc(C(F)(F)F)cc3)c3cccnc23)C1.CC(C)(C)OC(=O)N1C[C@H](F)[C@H](Nc2nnc(-c3ccc(C(F)(F)F)cc3)c3cccnc23)C1. The monoisotopic (exact) mass is 908 g/mol. The van der Waals surface area contributed by atoms with Gasteiger partial charge in [0.15, 0.2) is 11.6 Å². The molecule has 6 aromatic rings. The van der Waals surface area contributed by atoms with Crippen LogP contribution in [0.4, 0.5) is 51.6 Å². The first-order chi connectivity index (χ1) is 30.7. The molecule has 2 fully saturated rings. The maximum Gasteiger partial charge on any atom is 0.416 e. The van der Waals surface area contributed by atoms with Crippen molar-refractivity contribution in [2.24, 2.45) is 0 Å². The van der Waals surface area contributed by atoms with Gasteiger partial charge >= 0.3 is 18.4 Å². The third-order valence-electron chi connectivity index (χ3n) is 10.3. The average Bonchev–Trinajstić information content (AvgIpc) is 3.83. The first-order valence-corrected chi connectivity index (χ1v) is 20.0. The fourth-order valence-corrected chi connectivity index (χ4v) is 7.16. The number of aromatic nitrogens is 6. The summed E-state index contributed by atoms with van der Waals surface area (Å²) < 4.78 is 112. The van der Waals surface area contributed by atoms with E-state index in [0.717, 1.165) is 30.3 Å². The van der Waals surface area contributed by atoms with Crippen molar-refractivity contribution in [2.75, 3.05) is 36.8 Å². The number of pyridine rings is 2. The highest BCUT2D eigenvalue weighted by Crippen LogP contribution is 2.35. The van der Waals surface area contributed by atoms with E-state index in [1.165, 1.54) is 46.5 Å². The summed E-state index contributed by atoms with van der Waals surface area (Å²) in [5.41, 5.74) is 0.128. The molecule has 6 heterocycles. The zero-order chi connectivity index (χ0) is 46.8. The van der Waals surface area contributed by atoms with Gasteiger partial charge in [0.1, 0.15) is 40.4 Å². The summed E-state index contributed by atoms with van der Waals surface area (Å²) in [5, 5.41) is 23.6. The van der Waals surface area contributed by atoms with Crippen molar-refractivity contribution in [3.63, 3.8) is 0 Å². The van der Waals surface area contributed by atoms with Crippen molar-refractivity contribution >= 4 is 45.4 Å². The number of anilines is 2. The van der Waals surface area contributed by atoms with Gasteiger partial charge in [-0.05, 0) is 75.4 Å². The molecule has 0 spiro atoms. The van der Waals surface area contributed by atoms with Crippen molar-refractivity contribution in [1.82, 2.24) is 40.2 Å². The van der Waals surface area contributed by atoms with Crippen molar-refractivity contribution in [3.05, 3.63) is 109 Å². The van der Waals surface area contributed by atoms with Gasteiger partial charge in [-0.1, -0.05) is 30.8 Å². The van der Waals surface area contributed by atoms with Crippen LogP contribution in [0.3, 0.4) is 0 Å². The number of rotatable bonds is 7. The minimum atomic E-state index is -4.45. The van der Waals surface area contributed by atoms with Crippen LogP contribution in [-0.4, -0.2) is 108 Å². The average molecular weight is 909 g/mol. The van der Waals surface area contributed by atoms with E-state index in [0.29, 0.717) is 44.3 Å². The van der Waals surface area contributed by atoms with E-state index in [2.05, 4.69) is 47.6 Å². The predicted molar refractivity (Wildman–Crippen MR) is 225 cm³/mol. The number of benzene rings is 2. The highest BCUT2D eigenvalue weighted by molar-refractivity contribution is 5.98. The first-order valence-electron chi connectivity index (χ1n) is 20.0. The molecule has 21 heteroatoms. The van der Waals surface area contributed by atoms with E-state index in [4.69, 9.17) is 4.74 Å². The number of hydrogen-bond donors (Lipinski definition) is 2. The number of alkyl halides is 8. The number of ether oxygens (including phenoxy) is 1. The number of hydrogen-bond acceptors (Lipinski definition) is 11. The molecule has 4 aromatic heterocycles. The normalized spacial score (nSPS) is 18.9. The number of likely N-dealkylation sites (tertiary alicyclic amines) is 2. The number of carbonyl (C=O) groups excluding carboxylic acids is 2. The minimum Gasteiger partial charge on any atom is -0.444 e. The summed E-state index contributed by atoms with van der Waals surface area (Å²) in [7, 11) is 0. The zero-order valence-electron chi connectivity index (χ0n) is 34.8. The van der Waals surface area contributed by atoms with E-state index in [1.54, 1.807) is 45.0 Å². The second-order valence-electron chi connectivity index (χ2n) is 16.1. The molecular formula is C44H40F8N10O3. The van der Waals surface area contributed by atoms with E-state index in [-0.39, 0.29) is 43.7 Å². The Labute approximate surface area is 365 Å². The Morgan fingerprint density at radius 2 is 1.06 bits per heavy atom. The molecule has 2 amide bonds. The molecule has 0 unspecified atom stereocenters. The van der Waals surface area contributed by atoms with E-state index in [1.807, 2.05) is 0 Å². The summed E-state index contributed by atoms with van der Waals surface area (Å²) in [5.74, 6) is 0.0791. The van der Waals surface area contributed by atoms with Gasteiger partial charge in [-0.3, -0.25) is 14.8 Å². The Hall–Kier alpha value is -7.06. The molecule has 0 aliphatic carbocycles. The Kier molecular flexibility index (Phi) is 12.9. The van der Waals surface area contributed by atoms with Crippen LogP contribution in [0.1, 0.15) is 31.9 Å². The molecule has 2 saturated heterocycles. The fourth-order valence-electron chi connectivity index (χ4n) is 7.16. The lowest BCUT2D eigenvalue weighted by atomic mass is 10.0. The number of carbonyl (C=O) groups is 2.